The molecule has 5 unspecified atom stereocenters. The first-order valence-corrected chi connectivity index (χ1v) is 17.1. The van der Waals surface area contributed by atoms with Crippen molar-refractivity contribution in [2.75, 3.05) is 13.2 Å². The van der Waals surface area contributed by atoms with E-state index in [1.165, 1.54) is 81.9 Å². The van der Waals surface area contributed by atoms with Crippen molar-refractivity contribution in [3.8, 4) is 0 Å². The van der Waals surface area contributed by atoms with E-state index in [0.29, 0.717) is 18.6 Å². The minimum absolute atomic E-state index is 0.0152. The van der Waals surface area contributed by atoms with Gasteiger partial charge >= 0.3 is 12.1 Å². The summed E-state index contributed by atoms with van der Waals surface area (Å²) < 4.78 is 10.6. The molecule has 2 aliphatic rings. The van der Waals surface area contributed by atoms with Crippen LogP contribution in [0.15, 0.2) is 11.3 Å². The van der Waals surface area contributed by atoms with E-state index in [4.69, 9.17) is 9.47 Å². The van der Waals surface area contributed by atoms with Gasteiger partial charge < -0.3 is 19.9 Å². The van der Waals surface area contributed by atoms with Crippen molar-refractivity contribution in [3.63, 3.8) is 0 Å². The number of unbranched alkanes of at least 4 members (excludes halogenated alkanes) is 12. The lowest BCUT2D eigenvalue weighted by Crippen LogP contribution is -2.60. The molecular formula is C34H60N2O6. The number of allylic oxidation sites excluding steroid dienone is 1. The summed E-state index contributed by atoms with van der Waals surface area (Å²) in [5.41, 5.74) is 1.56. The molecule has 2 rings (SSSR count). The third-order valence-corrected chi connectivity index (χ3v) is 9.41. The van der Waals surface area contributed by atoms with Crippen LogP contribution in [-0.4, -0.2) is 54.0 Å². The average Bonchev–Trinajstić information content (AvgIpc) is 2.96. The van der Waals surface area contributed by atoms with Crippen molar-refractivity contribution in [2.24, 2.45) is 17.8 Å². The van der Waals surface area contributed by atoms with Crippen LogP contribution in [0.1, 0.15) is 143 Å². The monoisotopic (exact) mass is 592 g/mol. The zero-order valence-electron chi connectivity index (χ0n) is 27.0. The Labute approximate surface area is 255 Å². The van der Waals surface area contributed by atoms with Gasteiger partial charge in [-0.05, 0) is 50.5 Å². The van der Waals surface area contributed by atoms with Gasteiger partial charge in [-0.15, -0.1) is 0 Å². The Bertz CT molecular complexity index is 831. The number of rotatable bonds is 21. The maximum Gasteiger partial charge on any atom is 0.418 e. The van der Waals surface area contributed by atoms with Gasteiger partial charge in [0.2, 0.25) is 0 Å². The van der Waals surface area contributed by atoms with Gasteiger partial charge in [0, 0.05) is 18.7 Å². The summed E-state index contributed by atoms with van der Waals surface area (Å²) in [4.78, 5) is 38.7. The number of imide groups is 1. The Kier molecular flexibility index (Phi) is 17.8. The molecule has 0 aromatic carbocycles. The molecule has 8 heteroatoms. The Morgan fingerprint density at radius 2 is 1.55 bits per heavy atom. The molecule has 0 bridgehead atoms. The van der Waals surface area contributed by atoms with Crippen molar-refractivity contribution >= 4 is 18.6 Å². The van der Waals surface area contributed by atoms with Crippen molar-refractivity contribution in [1.29, 1.82) is 0 Å². The fourth-order valence-electron chi connectivity index (χ4n) is 7.23. The van der Waals surface area contributed by atoms with Gasteiger partial charge in [0.15, 0.2) is 0 Å². The van der Waals surface area contributed by atoms with Crippen LogP contribution in [0, 0.1) is 17.8 Å². The molecule has 1 saturated carbocycles. The molecule has 1 aliphatic carbocycles. The largest absolute Gasteiger partial charge is 0.465 e. The standard InChI is InChI=1S/C34H60N2O6/c1-5-7-8-9-10-11-12-13-14-15-16-17-18-20-28-21-19-22-29(24-37)31(28)32-30(23-26(3)42-25-38)27(4)35-33(39)36(32)34(40)41-6-2/h25-26,28-29,31-32,37H,5-24H2,1-4H3,(H,35,39). The second-order valence-electron chi connectivity index (χ2n) is 12.6. The molecule has 3 amide bonds. The highest BCUT2D eigenvalue weighted by Gasteiger charge is 2.48. The fraction of sp³-hybridized carbons (Fsp3) is 0.853. The molecule has 1 fully saturated rings. The first-order chi connectivity index (χ1) is 20.4. The fourth-order valence-corrected chi connectivity index (χ4v) is 7.23. The highest BCUT2D eigenvalue weighted by molar-refractivity contribution is 5.93. The number of nitrogens with one attached hydrogen (secondary N) is 1. The molecule has 0 radical (unpaired) electrons. The van der Waals surface area contributed by atoms with Crippen molar-refractivity contribution in [1.82, 2.24) is 10.2 Å². The maximum atomic E-state index is 13.2. The molecule has 242 valence electrons. The van der Waals surface area contributed by atoms with Crippen molar-refractivity contribution in [2.45, 2.75) is 155 Å². The van der Waals surface area contributed by atoms with Crippen molar-refractivity contribution in [3.05, 3.63) is 11.3 Å². The molecule has 8 nitrogen and oxygen atoms in total. The molecule has 0 aromatic rings. The highest BCUT2D eigenvalue weighted by Crippen LogP contribution is 2.45. The molecule has 0 spiro atoms. The molecule has 1 aliphatic heterocycles. The Morgan fingerprint density at radius 1 is 0.976 bits per heavy atom. The van der Waals surface area contributed by atoms with Crippen LogP contribution in [-0.2, 0) is 14.3 Å². The van der Waals surface area contributed by atoms with Crippen LogP contribution in [0.2, 0.25) is 0 Å². The summed E-state index contributed by atoms with van der Waals surface area (Å²) in [6, 6.07) is -1.04. The predicted molar refractivity (Wildman–Crippen MR) is 167 cm³/mol. The van der Waals surface area contributed by atoms with Gasteiger partial charge in [-0.1, -0.05) is 110 Å². The number of hydrogen-bond donors (Lipinski definition) is 2. The van der Waals surface area contributed by atoms with Crippen molar-refractivity contribution < 1.29 is 29.0 Å². The molecule has 0 saturated heterocycles. The first kappa shape index (κ1) is 36.1. The van der Waals surface area contributed by atoms with Gasteiger partial charge in [0.1, 0.15) is 6.10 Å². The van der Waals surface area contributed by atoms with Crippen LogP contribution in [0.3, 0.4) is 0 Å². The van der Waals surface area contributed by atoms with Crippen LogP contribution < -0.4 is 5.32 Å². The molecule has 42 heavy (non-hydrogen) atoms. The van der Waals surface area contributed by atoms with Crippen LogP contribution in [0.25, 0.3) is 0 Å². The van der Waals surface area contributed by atoms with E-state index >= 15 is 0 Å². The lowest BCUT2D eigenvalue weighted by molar-refractivity contribution is -0.132. The minimum atomic E-state index is -0.670. The first-order valence-electron chi connectivity index (χ1n) is 17.1. The van der Waals surface area contributed by atoms with E-state index < -0.39 is 24.3 Å². The van der Waals surface area contributed by atoms with E-state index in [1.807, 2.05) is 13.8 Å². The van der Waals surface area contributed by atoms with Gasteiger partial charge in [-0.2, -0.15) is 0 Å². The lowest BCUT2D eigenvalue weighted by atomic mass is 9.64. The number of carbonyl (C=O) groups is 3. The van der Waals surface area contributed by atoms with Gasteiger partial charge in [-0.3, -0.25) is 4.79 Å². The Balaban J connectivity index is 2.05. The lowest BCUT2D eigenvalue weighted by Gasteiger charge is -2.48. The smallest absolute Gasteiger partial charge is 0.418 e. The number of aliphatic hydroxyl groups is 1. The molecule has 1 heterocycles. The van der Waals surface area contributed by atoms with Gasteiger partial charge in [0.25, 0.3) is 6.47 Å². The quantitative estimate of drug-likeness (QED) is 0.103. The van der Waals surface area contributed by atoms with Gasteiger partial charge in [-0.25, -0.2) is 14.5 Å². The average molecular weight is 593 g/mol. The number of nitrogens with zero attached hydrogens (tertiary/aromatic N) is 1. The summed E-state index contributed by atoms with van der Waals surface area (Å²) in [6.07, 6.45) is 20.3. The highest BCUT2D eigenvalue weighted by atomic mass is 16.6. The third-order valence-electron chi connectivity index (χ3n) is 9.41. The maximum absolute atomic E-state index is 13.2. The normalized spacial score (nSPS) is 23.5. The number of hydrogen-bond acceptors (Lipinski definition) is 6. The third kappa shape index (κ3) is 11.5. The minimum Gasteiger partial charge on any atom is -0.465 e. The molecule has 5 atom stereocenters. The molecule has 0 aromatic heterocycles. The summed E-state index contributed by atoms with van der Waals surface area (Å²) in [5.74, 6) is 0.176. The van der Waals surface area contributed by atoms with Crippen LogP contribution >= 0.6 is 0 Å². The SMILES string of the molecule is CCCCCCCCCCCCCCCC1CCCC(CO)C1C1C(CC(C)OC=O)=C(C)NC(=O)N1C(=O)OCC. The number of aliphatic hydroxyl groups excluding tert-OH is 1. The van der Waals surface area contributed by atoms with E-state index in [2.05, 4.69) is 12.2 Å². The molecular weight excluding hydrogens is 532 g/mol. The number of urea groups is 1. The summed E-state index contributed by atoms with van der Waals surface area (Å²) in [6.45, 7) is 8.26. The summed E-state index contributed by atoms with van der Waals surface area (Å²) in [7, 11) is 0. The van der Waals surface area contributed by atoms with Crippen LogP contribution in [0.5, 0.6) is 0 Å². The number of amides is 3. The zero-order valence-corrected chi connectivity index (χ0v) is 27.0. The predicted octanol–water partition coefficient (Wildman–Crippen LogP) is 8.27. The second kappa shape index (κ2) is 20.8. The summed E-state index contributed by atoms with van der Waals surface area (Å²) in [5, 5.41) is 13.3. The Morgan fingerprint density at radius 3 is 2.10 bits per heavy atom. The van der Waals surface area contributed by atoms with E-state index in [-0.39, 0.29) is 31.0 Å². The van der Waals surface area contributed by atoms with E-state index in [1.54, 1.807) is 6.92 Å². The topological polar surface area (TPSA) is 105 Å². The number of ether oxygens (including phenoxy) is 2. The molecule has 2 N–H and O–H groups in total. The Hall–Kier alpha value is -2.09. The van der Waals surface area contributed by atoms with E-state index in [0.717, 1.165) is 37.7 Å². The van der Waals surface area contributed by atoms with Gasteiger partial charge in [0.05, 0.1) is 12.6 Å². The zero-order chi connectivity index (χ0) is 30.7. The van der Waals surface area contributed by atoms with E-state index in [9.17, 15) is 19.5 Å². The summed E-state index contributed by atoms with van der Waals surface area (Å²) >= 11 is 0. The van der Waals surface area contributed by atoms with Crippen LogP contribution in [0.4, 0.5) is 9.59 Å². The second-order valence-corrected chi connectivity index (χ2v) is 12.6. The number of carbonyl (C=O) groups excluding carboxylic acids is 3.